The zero-order valence-electron chi connectivity index (χ0n) is 24.3. The second kappa shape index (κ2) is 12.8. The van der Waals surface area contributed by atoms with E-state index in [1.807, 2.05) is 30.3 Å². The van der Waals surface area contributed by atoms with E-state index in [1.165, 1.54) is 0 Å². The molecule has 43 heavy (non-hydrogen) atoms. The highest BCUT2D eigenvalue weighted by molar-refractivity contribution is 6.06. The highest BCUT2D eigenvalue weighted by Gasteiger charge is 2.70. The van der Waals surface area contributed by atoms with Gasteiger partial charge in [-0.05, 0) is 57.1 Å². The Labute approximate surface area is 251 Å². The molecule has 2 aliphatic carbocycles. The van der Waals surface area contributed by atoms with Crippen LogP contribution in [0.5, 0.6) is 5.75 Å². The van der Waals surface area contributed by atoms with Crippen LogP contribution in [-0.4, -0.2) is 93.4 Å². The van der Waals surface area contributed by atoms with Gasteiger partial charge in [0.2, 0.25) is 11.8 Å². The Hall–Kier alpha value is -3.78. The van der Waals surface area contributed by atoms with Crippen LogP contribution in [0.4, 0.5) is 0 Å². The van der Waals surface area contributed by atoms with Gasteiger partial charge >= 0.3 is 11.9 Å². The zero-order valence-corrected chi connectivity index (χ0v) is 24.3. The fraction of sp³-hybridized carbons (Fsp3) is 0.625. The Morgan fingerprint density at radius 2 is 1.37 bits per heavy atom. The molecule has 2 saturated carbocycles. The summed E-state index contributed by atoms with van der Waals surface area (Å²) in [5.74, 6) is -3.06. The van der Waals surface area contributed by atoms with Gasteiger partial charge in [0.15, 0.2) is 0 Å². The average molecular weight is 597 g/mol. The molecule has 6 unspecified atom stereocenters. The molecule has 2 aliphatic heterocycles. The van der Waals surface area contributed by atoms with E-state index in [-0.39, 0.29) is 30.4 Å². The van der Waals surface area contributed by atoms with Crippen LogP contribution in [0.2, 0.25) is 0 Å². The number of ether oxygens (including phenoxy) is 3. The number of hydrogen-bond acceptors (Lipinski definition) is 7. The fourth-order valence-electron chi connectivity index (χ4n) is 7.42. The van der Waals surface area contributed by atoms with Crippen molar-refractivity contribution in [3.05, 3.63) is 30.3 Å². The molecule has 0 aromatic heterocycles. The second-order valence-corrected chi connectivity index (χ2v) is 12.0. The van der Waals surface area contributed by atoms with Gasteiger partial charge in [-0.1, -0.05) is 37.5 Å². The summed E-state index contributed by atoms with van der Waals surface area (Å²) in [6.45, 7) is 1.71. The van der Waals surface area contributed by atoms with Gasteiger partial charge in [-0.15, -0.1) is 0 Å². The van der Waals surface area contributed by atoms with E-state index >= 15 is 0 Å². The van der Waals surface area contributed by atoms with Crippen LogP contribution in [0.1, 0.15) is 64.2 Å². The Kier molecular flexibility index (Phi) is 9.16. The van der Waals surface area contributed by atoms with Crippen LogP contribution in [-0.2, 0) is 28.7 Å². The van der Waals surface area contributed by atoms with Crippen LogP contribution in [0.15, 0.2) is 30.3 Å². The highest BCUT2D eigenvalue weighted by Crippen LogP contribution is 2.52. The highest BCUT2D eigenvalue weighted by atomic mass is 16.5. The van der Waals surface area contributed by atoms with Gasteiger partial charge in [0, 0.05) is 19.5 Å². The summed E-state index contributed by atoms with van der Waals surface area (Å²) >= 11 is 0. The quantitative estimate of drug-likeness (QED) is 0.178. The number of benzene rings is 1. The number of carbonyl (C=O) groups excluding carboxylic acids is 2. The predicted octanol–water partition coefficient (Wildman–Crippen LogP) is 2.92. The van der Waals surface area contributed by atoms with Crippen molar-refractivity contribution in [2.24, 2.45) is 11.8 Å². The molecule has 5 rings (SSSR count). The molecule has 2 heterocycles. The fourth-order valence-corrected chi connectivity index (χ4v) is 7.42. The van der Waals surface area contributed by atoms with Crippen molar-refractivity contribution in [1.82, 2.24) is 9.80 Å². The molecule has 2 N–H and O–H groups in total. The lowest BCUT2D eigenvalue weighted by molar-refractivity contribution is -0.148. The maximum Gasteiger partial charge on any atom is 0.309 e. The topological polar surface area (TPSA) is 142 Å². The van der Waals surface area contributed by atoms with E-state index in [4.69, 9.17) is 20.6 Å². The summed E-state index contributed by atoms with van der Waals surface area (Å²) in [6.07, 6.45) is 12.4. The van der Waals surface area contributed by atoms with Crippen molar-refractivity contribution >= 4 is 23.8 Å². The SMILES string of the molecule is C#COC1CCC2(C(=O)N2CCCCCCN2C(=O)C23CCC(OCCOc2ccccc2)CC3C(=O)O)C(C(=O)O)C1. The molecule has 0 radical (unpaired) electrons. The van der Waals surface area contributed by atoms with Gasteiger partial charge in [-0.25, -0.2) is 0 Å². The number of hydrogen-bond donors (Lipinski definition) is 2. The van der Waals surface area contributed by atoms with Crippen LogP contribution >= 0.6 is 0 Å². The van der Waals surface area contributed by atoms with Gasteiger partial charge in [-0.2, -0.15) is 0 Å². The number of nitrogens with zero attached hydrogens (tertiary/aromatic N) is 2. The first-order valence-corrected chi connectivity index (χ1v) is 15.3. The zero-order chi connectivity index (χ0) is 30.6. The van der Waals surface area contributed by atoms with Crippen LogP contribution < -0.4 is 4.74 Å². The van der Waals surface area contributed by atoms with Gasteiger partial charge in [0.1, 0.15) is 35.6 Å². The van der Waals surface area contributed by atoms with E-state index in [0.717, 1.165) is 31.4 Å². The minimum atomic E-state index is -1.00. The van der Waals surface area contributed by atoms with Gasteiger partial charge in [0.25, 0.3) is 0 Å². The van der Waals surface area contributed by atoms with Crippen LogP contribution in [0.25, 0.3) is 0 Å². The van der Waals surface area contributed by atoms with Crippen molar-refractivity contribution in [1.29, 1.82) is 0 Å². The van der Waals surface area contributed by atoms with Crippen molar-refractivity contribution in [3.8, 4) is 18.3 Å². The standard InChI is InChI=1S/C32H40N2O9/c1-2-41-23-12-14-31(25(20-23)27(35)36)29(39)33(31)16-8-3-4-9-17-34-30(40)32(34)15-13-24(21-26(32)28(37)38)43-19-18-42-22-10-6-5-7-11-22/h1,5-7,10-11,23-26H,3-4,8-9,12-21H2,(H,35,36)(H,37,38). The van der Waals surface area contributed by atoms with E-state index in [9.17, 15) is 29.4 Å². The lowest BCUT2D eigenvalue weighted by Crippen LogP contribution is -2.43. The first-order valence-electron chi connectivity index (χ1n) is 15.3. The predicted molar refractivity (Wildman–Crippen MR) is 153 cm³/mol. The molecule has 4 fully saturated rings. The Morgan fingerprint density at radius 1 is 0.837 bits per heavy atom. The third-order valence-corrected chi connectivity index (χ3v) is 9.73. The monoisotopic (exact) mass is 596 g/mol. The third kappa shape index (κ3) is 6.03. The molecule has 2 spiro atoms. The minimum absolute atomic E-state index is 0.0912. The molecule has 232 valence electrons. The molecule has 2 saturated heterocycles. The summed E-state index contributed by atoms with van der Waals surface area (Å²) in [7, 11) is 0. The Bertz CT molecular complexity index is 1250. The first kappa shape index (κ1) is 30.7. The van der Waals surface area contributed by atoms with Gasteiger partial charge < -0.3 is 34.2 Å². The van der Waals surface area contributed by atoms with Crippen molar-refractivity contribution < 1.29 is 43.6 Å². The summed E-state index contributed by atoms with van der Waals surface area (Å²) in [4.78, 5) is 53.1. The molecular formula is C32H40N2O9. The van der Waals surface area contributed by atoms with E-state index in [1.54, 1.807) is 9.80 Å². The largest absolute Gasteiger partial charge is 0.491 e. The first-order chi connectivity index (χ1) is 20.8. The number of aliphatic carboxylic acids is 2. The number of carbonyl (C=O) groups is 4. The molecule has 11 heteroatoms. The summed E-state index contributed by atoms with van der Waals surface area (Å²) < 4.78 is 16.7. The molecule has 1 aromatic carbocycles. The number of amides is 2. The number of terminal acetylenes is 1. The molecule has 0 bridgehead atoms. The normalized spacial score (nSPS) is 31.1. The van der Waals surface area contributed by atoms with Crippen LogP contribution in [0, 0.1) is 24.4 Å². The number of para-hydroxylation sites is 1. The van der Waals surface area contributed by atoms with Gasteiger partial charge in [-0.3, -0.25) is 19.2 Å². The molecular weight excluding hydrogens is 556 g/mol. The Balaban J connectivity index is 1.01. The number of carboxylic acids is 2. The van der Waals surface area contributed by atoms with E-state index < -0.39 is 34.9 Å². The van der Waals surface area contributed by atoms with Crippen LogP contribution in [0.3, 0.4) is 0 Å². The number of carboxylic acid groups (broad SMARTS) is 2. The minimum Gasteiger partial charge on any atom is -0.491 e. The van der Waals surface area contributed by atoms with Crippen molar-refractivity contribution in [3.63, 3.8) is 0 Å². The number of rotatable bonds is 15. The molecule has 2 amide bonds. The summed E-state index contributed by atoms with van der Waals surface area (Å²) in [5, 5.41) is 19.7. The molecule has 4 aliphatic rings. The van der Waals surface area contributed by atoms with E-state index in [0.29, 0.717) is 58.4 Å². The molecule has 11 nitrogen and oxygen atoms in total. The third-order valence-electron chi connectivity index (χ3n) is 9.73. The lowest BCUT2D eigenvalue weighted by atomic mass is 9.76. The smallest absolute Gasteiger partial charge is 0.309 e. The van der Waals surface area contributed by atoms with Gasteiger partial charge in [0.05, 0.1) is 24.5 Å². The van der Waals surface area contributed by atoms with Crippen molar-refractivity contribution in [2.75, 3.05) is 26.3 Å². The summed E-state index contributed by atoms with van der Waals surface area (Å²) in [6, 6.07) is 9.41. The molecule has 1 aromatic rings. The average Bonchev–Trinajstić information content (AvgIpc) is 3.78. The Morgan fingerprint density at radius 3 is 1.91 bits per heavy atom. The van der Waals surface area contributed by atoms with E-state index in [2.05, 4.69) is 6.11 Å². The lowest BCUT2D eigenvalue weighted by Gasteiger charge is -2.33. The molecule has 6 atom stereocenters. The van der Waals surface area contributed by atoms with Crippen molar-refractivity contribution in [2.45, 2.75) is 87.5 Å². The number of unbranched alkanes of at least 4 members (excludes halogenated alkanes) is 3. The maximum absolute atomic E-state index is 12.9. The second-order valence-electron chi connectivity index (χ2n) is 12.0. The summed E-state index contributed by atoms with van der Waals surface area (Å²) in [5.41, 5.74) is -1.87. The maximum atomic E-state index is 12.9.